The molecular formula is C9H17NO2. The van der Waals surface area contributed by atoms with Gasteiger partial charge in [0.15, 0.2) is 0 Å². The number of hydrogen-bond donors (Lipinski definition) is 0. The summed E-state index contributed by atoms with van der Waals surface area (Å²) >= 11 is 0. The Morgan fingerprint density at radius 2 is 2.33 bits per heavy atom. The molecule has 0 radical (unpaired) electrons. The van der Waals surface area contributed by atoms with Crippen LogP contribution in [-0.4, -0.2) is 38.0 Å². The van der Waals surface area contributed by atoms with Crippen LogP contribution in [0.1, 0.15) is 19.8 Å². The van der Waals surface area contributed by atoms with Crippen molar-refractivity contribution < 1.29 is 9.57 Å². The first-order valence-corrected chi connectivity index (χ1v) is 4.67. The molecule has 1 saturated heterocycles. The van der Waals surface area contributed by atoms with E-state index < -0.39 is 0 Å². The van der Waals surface area contributed by atoms with E-state index in [-0.39, 0.29) is 0 Å². The Balaban J connectivity index is 1.81. The van der Waals surface area contributed by atoms with E-state index in [9.17, 15) is 0 Å². The van der Waals surface area contributed by atoms with E-state index >= 15 is 0 Å². The maximum atomic E-state index is 5.69. The zero-order valence-electron chi connectivity index (χ0n) is 7.88. The van der Waals surface area contributed by atoms with Crippen molar-refractivity contribution in [2.75, 3.05) is 26.8 Å². The van der Waals surface area contributed by atoms with Crippen molar-refractivity contribution in [2.24, 2.45) is 5.41 Å². The molecule has 3 heteroatoms. The molecule has 1 spiro atoms. The molecule has 0 amide bonds. The number of ether oxygens (including phenoxy) is 1. The minimum absolute atomic E-state index is 0.425. The van der Waals surface area contributed by atoms with Gasteiger partial charge in [0.2, 0.25) is 0 Å². The lowest BCUT2D eigenvalue weighted by atomic mass is 10.0. The maximum Gasteiger partial charge on any atom is 0.0834 e. The molecule has 1 saturated carbocycles. The van der Waals surface area contributed by atoms with E-state index in [2.05, 4.69) is 12.0 Å². The molecule has 0 unspecified atom stereocenters. The van der Waals surface area contributed by atoms with Gasteiger partial charge < -0.3 is 4.74 Å². The van der Waals surface area contributed by atoms with Gasteiger partial charge in [-0.3, -0.25) is 4.84 Å². The van der Waals surface area contributed by atoms with Crippen molar-refractivity contribution in [2.45, 2.75) is 25.9 Å². The van der Waals surface area contributed by atoms with Gasteiger partial charge in [-0.2, -0.15) is 5.06 Å². The number of methoxy groups -OCH3 is 1. The van der Waals surface area contributed by atoms with Gasteiger partial charge in [-0.25, -0.2) is 0 Å². The fourth-order valence-corrected chi connectivity index (χ4v) is 1.90. The van der Waals surface area contributed by atoms with Gasteiger partial charge in [0.1, 0.15) is 0 Å². The number of hydroxylamine groups is 2. The van der Waals surface area contributed by atoms with Gasteiger partial charge in [-0.05, 0) is 19.8 Å². The molecule has 1 atom stereocenters. The molecule has 1 heterocycles. The second-order valence-electron chi connectivity index (χ2n) is 3.97. The third-order valence-electron chi connectivity index (χ3n) is 3.10. The minimum atomic E-state index is 0.425. The molecule has 2 rings (SSSR count). The van der Waals surface area contributed by atoms with Crippen LogP contribution in [0.25, 0.3) is 0 Å². The molecule has 0 aromatic carbocycles. The molecule has 12 heavy (non-hydrogen) atoms. The summed E-state index contributed by atoms with van der Waals surface area (Å²) in [5.74, 6) is 0. The van der Waals surface area contributed by atoms with Crippen molar-refractivity contribution >= 4 is 0 Å². The first-order valence-electron chi connectivity index (χ1n) is 4.67. The Morgan fingerprint density at radius 1 is 1.58 bits per heavy atom. The van der Waals surface area contributed by atoms with Crippen LogP contribution in [0.5, 0.6) is 0 Å². The van der Waals surface area contributed by atoms with Gasteiger partial charge >= 0.3 is 0 Å². The van der Waals surface area contributed by atoms with Crippen molar-refractivity contribution in [3.63, 3.8) is 0 Å². The van der Waals surface area contributed by atoms with Gasteiger partial charge in [0.25, 0.3) is 0 Å². The minimum Gasteiger partial charge on any atom is -0.383 e. The highest BCUT2D eigenvalue weighted by molar-refractivity contribution is 5.01. The molecule has 0 aromatic rings. The van der Waals surface area contributed by atoms with E-state index in [1.165, 1.54) is 12.8 Å². The van der Waals surface area contributed by atoms with Gasteiger partial charge in [-0.1, -0.05) is 0 Å². The lowest BCUT2D eigenvalue weighted by Gasteiger charge is -2.13. The van der Waals surface area contributed by atoms with E-state index in [1.54, 1.807) is 7.11 Å². The second kappa shape index (κ2) is 2.98. The highest BCUT2D eigenvalue weighted by Crippen LogP contribution is 2.53. The molecule has 0 N–H and O–H groups in total. The van der Waals surface area contributed by atoms with Crippen LogP contribution >= 0.6 is 0 Å². The van der Waals surface area contributed by atoms with Gasteiger partial charge in [-0.15, -0.1) is 0 Å². The van der Waals surface area contributed by atoms with Crippen LogP contribution in [0.3, 0.4) is 0 Å². The second-order valence-corrected chi connectivity index (χ2v) is 3.97. The van der Waals surface area contributed by atoms with Crippen LogP contribution in [0.2, 0.25) is 0 Å². The monoisotopic (exact) mass is 171 g/mol. The first kappa shape index (κ1) is 8.48. The molecule has 1 aliphatic heterocycles. The molecule has 1 aliphatic carbocycles. The molecule has 0 aromatic heterocycles. The lowest BCUT2D eigenvalue weighted by molar-refractivity contribution is -0.148. The van der Waals surface area contributed by atoms with Crippen molar-refractivity contribution in [1.82, 2.24) is 5.06 Å². The van der Waals surface area contributed by atoms with Crippen LogP contribution in [0, 0.1) is 5.41 Å². The largest absolute Gasteiger partial charge is 0.383 e. The molecule has 70 valence electrons. The molecule has 2 fully saturated rings. The van der Waals surface area contributed by atoms with Crippen molar-refractivity contribution in [1.29, 1.82) is 0 Å². The Labute approximate surface area is 73.6 Å². The average Bonchev–Trinajstić information content (AvgIpc) is 2.74. The fourth-order valence-electron chi connectivity index (χ4n) is 1.90. The summed E-state index contributed by atoms with van der Waals surface area (Å²) in [4.78, 5) is 5.69. The number of hydrogen-bond acceptors (Lipinski definition) is 3. The molecule has 2 aliphatic rings. The highest BCUT2D eigenvalue weighted by atomic mass is 16.7. The molecular weight excluding hydrogens is 154 g/mol. The van der Waals surface area contributed by atoms with Crippen LogP contribution in [0.15, 0.2) is 0 Å². The zero-order valence-corrected chi connectivity index (χ0v) is 7.88. The quantitative estimate of drug-likeness (QED) is 0.633. The Morgan fingerprint density at radius 3 is 2.83 bits per heavy atom. The standard InChI is InChI=1S/C9H17NO2/c1-8-9(3-4-9)7-10(12-8)5-6-11-2/h8H,3-7H2,1-2H3/t8-/m0/s1. The number of rotatable bonds is 3. The average molecular weight is 171 g/mol. The normalized spacial score (nSPS) is 33.0. The summed E-state index contributed by atoms with van der Waals surface area (Å²) in [6.45, 7) is 4.96. The van der Waals surface area contributed by atoms with E-state index in [0.29, 0.717) is 11.5 Å². The van der Waals surface area contributed by atoms with Gasteiger partial charge in [0.05, 0.1) is 12.7 Å². The van der Waals surface area contributed by atoms with Crippen LogP contribution in [-0.2, 0) is 9.57 Å². The number of nitrogens with zero attached hydrogens (tertiary/aromatic N) is 1. The maximum absolute atomic E-state index is 5.69. The van der Waals surface area contributed by atoms with Crippen LogP contribution < -0.4 is 0 Å². The topological polar surface area (TPSA) is 21.7 Å². The molecule has 3 nitrogen and oxygen atoms in total. The molecule has 0 bridgehead atoms. The van der Waals surface area contributed by atoms with E-state index in [4.69, 9.17) is 9.57 Å². The summed E-state index contributed by atoms with van der Waals surface area (Å²) in [5.41, 5.74) is 0.522. The summed E-state index contributed by atoms with van der Waals surface area (Å²) in [5, 5.41) is 2.06. The van der Waals surface area contributed by atoms with Crippen molar-refractivity contribution in [3.05, 3.63) is 0 Å². The Hall–Kier alpha value is -0.120. The SMILES string of the molecule is COCCN1CC2(CC2)[C@H](C)O1. The Kier molecular flexibility index (Phi) is 2.10. The predicted molar refractivity (Wildman–Crippen MR) is 45.7 cm³/mol. The zero-order chi connectivity index (χ0) is 8.60. The van der Waals surface area contributed by atoms with Gasteiger partial charge in [0, 0.05) is 25.6 Å². The highest BCUT2D eigenvalue weighted by Gasteiger charge is 2.54. The third kappa shape index (κ3) is 1.37. The predicted octanol–water partition coefficient (Wildman–Crippen LogP) is 1.05. The van der Waals surface area contributed by atoms with E-state index in [1.807, 2.05) is 0 Å². The van der Waals surface area contributed by atoms with E-state index in [0.717, 1.165) is 19.7 Å². The fraction of sp³-hybridized carbons (Fsp3) is 1.00. The first-order chi connectivity index (χ1) is 5.77. The lowest BCUT2D eigenvalue weighted by Crippen LogP contribution is -2.23. The summed E-state index contributed by atoms with van der Waals surface area (Å²) in [6.07, 6.45) is 3.12. The summed E-state index contributed by atoms with van der Waals surface area (Å²) in [7, 11) is 1.73. The van der Waals surface area contributed by atoms with Crippen molar-refractivity contribution in [3.8, 4) is 0 Å². The Bertz CT molecular complexity index is 168. The summed E-state index contributed by atoms with van der Waals surface area (Å²) in [6, 6.07) is 0. The van der Waals surface area contributed by atoms with Crippen LogP contribution in [0.4, 0.5) is 0 Å². The third-order valence-corrected chi connectivity index (χ3v) is 3.10. The summed E-state index contributed by atoms with van der Waals surface area (Å²) < 4.78 is 5.01. The smallest absolute Gasteiger partial charge is 0.0834 e.